The number of aromatic amines is 2. The van der Waals surface area contributed by atoms with E-state index in [0.717, 1.165) is 29.3 Å². The third-order valence-electron chi connectivity index (χ3n) is 5.76. The highest BCUT2D eigenvalue weighted by Gasteiger charge is 2.31. The number of nitrogens with one attached hydrogen (secondary N) is 3. The molecule has 0 spiro atoms. The molecule has 35 heavy (non-hydrogen) atoms. The minimum Gasteiger partial charge on any atom is -0.357 e. The number of halogens is 3. The number of rotatable bonds is 4. The van der Waals surface area contributed by atoms with Crippen LogP contribution in [0.5, 0.6) is 0 Å². The molecule has 1 aromatic carbocycles. The van der Waals surface area contributed by atoms with Gasteiger partial charge in [0.2, 0.25) is 5.91 Å². The average molecular weight is 477 g/mol. The van der Waals surface area contributed by atoms with Gasteiger partial charge in [-0.1, -0.05) is 6.58 Å². The van der Waals surface area contributed by atoms with Gasteiger partial charge in [0.15, 0.2) is 0 Å². The zero-order valence-electron chi connectivity index (χ0n) is 18.3. The van der Waals surface area contributed by atoms with Crippen LogP contribution in [0, 0.1) is 0 Å². The Labute approximate surface area is 195 Å². The number of pyridine rings is 2. The molecule has 7 nitrogen and oxygen atoms in total. The highest BCUT2D eigenvalue weighted by atomic mass is 19.4. The molecule has 5 rings (SSSR count). The summed E-state index contributed by atoms with van der Waals surface area (Å²) in [6.45, 7) is 3.33. The number of H-pyrrole nitrogens is 2. The van der Waals surface area contributed by atoms with Crippen molar-refractivity contribution < 1.29 is 18.0 Å². The minimum absolute atomic E-state index is 0.0128. The van der Waals surface area contributed by atoms with Gasteiger partial charge in [0.05, 0.1) is 5.56 Å². The number of amides is 1. The molecule has 0 bridgehead atoms. The number of aromatic nitrogens is 4. The highest BCUT2D eigenvalue weighted by Crippen LogP contribution is 2.37. The van der Waals surface area contributed by atoms with Gasteiger partial charge in [-0.25, -0.2) is 4.98 Å². The quantitative estimate of drug-likeness (QED) is 0.310. The Bertz CT molecular complexity index is 1690. The van der Waals surface area contributed by atoms with Gasteiger partial charge in [-0.15, -0.1) is 0 Å². The fourth-order valence-corrected chi connectivity index (χ4v) is 4.09. The van der Waals surface area contributed by atoms with Crippen LogP contribution in [0.15, 0.2) is 72.6 Å². The van der Waals surface area contributed by atoms with Gasteiger partial charge in [-0.3, -0.25) is 9.59 Å². The van der Waals surface area contributed by atoms with Gasteiger partial charge >= 0.3 is 6.18 Å². The predicted molar refractivity (Wildman–Crippen MR) is 128 cm³/mol. The van der Waals surface area contributed by atoms with Crippen LogP contribution in [0.2, 0.25) is 0 Å². The maximum Gasteiger partial charge on any atom is 0.416 e. The monoisotopic (exact) mass is 477 g/mol. The minimum atomic E-state index is -4.62. The lowest BCUT2D eigenvalue weighted by molar-refractivity contribution is -0.137. The molecule has 0 saturated carbocycles. The summed E-state index contributed by atoms with van der Waals surface area (Å²) in [5.74, 6) is -0.623. The van der Waals surface area contributed by atoms with Crippen LogP contribution >= 0.6 is 0 Å². The van der Waals surface area contributed by atoms with Crippen LogP contribution < -0.4 is 10.9 Å². The van der Waals surface area contributed by atoms with Crippen molar-refractivity contribution in [2.45, 2.75) is 6.18 Å². The molecule has 0 saturated heterocycles. The van der Waals surface area contributed by atoms with E-state index >= 15 is 0 Å². The third kappa shape index (κ3) is 3.88. The first kappa shape index (κ1) is 22.2. The van der Waals surface area contributed by atoms with Crippen LogP contribution in [0.3, 0.4) is 0 Å². The van der Waals surface area contributed by atoms with E-state index in [1.165, 1.54) is 16.8 Å². The Morgan fingerprint density at radius 3 is 2.66 bits per heavy atom. The number of carbonyl (C=O) groups excluding carboxylic acids is 1. The number of anilines is 1. The molecule has 4 aromatic heterocycles. The second-order valence-electron chi connectivity index (χ2n) is 8.04. The first-order valence-corrected chi connectivity index (χ1v) is 10.5. The lowest BCUT2D eigenvalue weighted by Gasteiger charge is -2.13. The molecule has 0 unspecified atom stereocenters. The summed E-state index contributed by atoms with van der Waals surface area (Å²) in [7, 11) is 1.65. The summed E-state index contributed by atoms with van der Waals surface area (Å²) in [6, 6.07) is 6.85. The Balaban J connectivity index is 1.70. The number of aryl methyl sites for hydroxylation is 1. The van der Waals surface area contributed by atoms with Crippen molar-refractivity contribution in [2.24, 2.45) is 7.05 Å². The lowest BCUT2D eigenvalue weighted by atomic mass is 9.99. The number of benzene rings is 1. The Morgan fingerprint density at radius 1 is 1.11 bits per heavy atom. The third-order valence-corrected chi connectivity index (χ3v) is 5.76. The molecule has 0 radical (unpaired) electrons. The topological polar surface area (TPSA) is 95.6 Å². The van der Waals surface area contributed by atoms with Crippen molar-refractivity contribution in [1.82, 2.24) is 19.5 Å². The molecule has 3 N–H and O–H groups in total. The fourth-order valence-electron chi connectivity index (χ4n) is 4.09. The van der Waals surface area contributed by atoms with E-state index in [2.05, 4.69) is 26.8 Å². The van der Waals surface area contributed by atoms with Gasteiger partial charge in [0.1, 0.15) is 11.2 Å². The standard InChI is InChI=1S/C25H18F3N5O2/c1-3-21(34)32-16-7-13(6-15(9-16)25(26,27)28)14-8-18-19(11-31-23(18)30-10-14)20-12-33(2)24(35)22-17(20)4-5-29-22/h3-12,29H,1H2,2H3,(H,30,31)(H,32,34). The summed E-state index contributed by atoms with van der Waals surface area (Å²) in [5.41, 5.74) is 2.04. The molecule has 4 heterocycles. The first-order valence-electron chi connectivity index (χ1n) is 10.5. The van der Waals surface area contributed by atoms with E-state index in [1.807, 2.05) is 0 Å². The van der Waals surface area contributed by atoms with Crippen LogP contribution in [0.1, 0.15) is 5.56 Å². The van der Waals surface area contributed by atoms with Crippen molar-refractivity contribution in [3.63, 3.8) is 0 Å². The number of nitrogens with zero attached hydrogens (tertiary/aromatic N) is 2. The van der Waals surface area contributed by atoms with E-state index in [9.17, 15) is 22.8 Å². The summed E-state index contributed by atoms with van der Waals surface area (Å²) >= 11 is 0. The SMILES string of the molecule is C=CC(=O)Nc1cc(-c2cnc3[nH]cc(-c4cn(C)c(=O)c5[nH]ccc45)c3c2)cc(C(F)(F)F)c1. The van der Waals surface area contributed by atoms with Gasteiger partial charge in [-0.05, 0) is 42.0 Å². The maximum absolute atomic E-state index is 13.6. The van der Waals surface area contributed by atoms with Gasteiger partial charge in [0, 0.05) is 65.0 Å². The highest BCUT2D eigenvalue weighted by molar-refractivity contribution is 6.04. The summed E-state index contributed by atoms with van der Waals surface area (Å²) in [6.07, 6.45) is 2.96. The van der Waals surface area contributed by atoms with E-state index in [-0.39, 0.29) is 16.8 Å². The summed E-state index contributed by atoms with van der Waals surface area (Å²) in [5, 5.41) is 3.77. The number of alkyl halides is 3. The largest absolute Gasteiger partial charge is 0.416 e. The van der Waals surface area contributed by atoms with E-state index < -0.39 is 17.6 Å². The van der Waals surface area contributed by atoms with Gasteiger partial charge in [0.25, 0.3) is 5.56 Å². The molecule has 0 aliphatic carbocycles. The van der Waals surface area contributed by atoms with Crippen molar-refractivity contribution >= 4 is 33.5 Å². The molecule has 0 atom stereocenters. The average Bonchev–Trinajstić information content (AvgIpc) is 3.48. The molecule has 0 aliphatic heterocycles. The summed E-state index contributed by atoms with van der Waals surface area (Å²) in [4.78, 5) is 34.6. The van der Waals surface area contributed by atoms with Crippen LogP contribution in [0.4, 0.5) is 18.9 Å². The molecule has 1 amide bonds. The van der Waals surface area contributed by atoms with E-state index in [4.69, 9.17) is 0 Å². The number of fused-ring (bicyclic) bond motifs is 2. The molecule has 0 fully saturated rings. The maximum atomic E-state index is 13.6. The molecular formula is C25H18F3N5O2. The van der Waals surface area contributed by atoms with Gasteiger partial charge < -0.3 is 19.9 Å². The lowest BCUT2D eigenvalue weighted by Crippen LogP contribution is -2.16. The molecule has 5 aromatic rings. The van der Waals surface area contributed by atoms with Gasteiger partial charge in [-0.2, -0.15) is 13.2 Å². The molecule has 176 valence electrons. The molecule has 0 aliphatic rings. The van der Waals surface area contributed by atoms with Crippen molar-refractivity contribution in [3.8, 4) is 22.3 Å². The van der Waals surface area contributed by atoms with Crippen molar-refractivity contribution in [1.29, 1.82) is 0 Å². The normalized spacial score (nSPS) is 11.8. The smallest absolute Gasteiger partial charge is 0.357 e. The number of hydrogen-bond donors (Lipinski definition) is 3. The van der Waals surface area contributed by atoms with E-state index in [1.54, 1.807) is 37.8 Å². The number of hydrogen-bond acceptors (Lipinski definition) is 3. The van der Waals surface area contributed by atoms with Crippen LogP contribution in [0.25, 0.3) is 44.2 Å². The second kappa shape index (κ2) is 8.01. The zero-order valence-corrected chi connectivity index (χ0v) is 18.3. The van der Waals surface area contributed by atoms with Crippen molar-refractivity contribution in [2.75, 3.05) is 5.32 Å². The summed E-state index contributed by atoms with van der Waals surface area (Å²) < 4.78 is 42.2. The molecule has 10 heteroatoms. The molecular weight excluding hydrogens is 459 g/mol. The Morgan fingerprint density at radius 2 is 1.91 bits per heavy atom. The first-order chi connectivity index (χ1) is 16.7. The Kier molecular flexibility index (Phi) is 5.08. The Hall–Kier alpha value is -4.60. The van der Waals surface area contributed by atoms with Crippen LogP contribution in [-0.2, 0) is 18.0 Å². The van der Waals surface area contributed by atoms with Crippen molar-refractivity contribution in [3.05, 3.63) is 83.7 Å². The second-order valence-corrected chi connectivity index (χ2v) is 8.04. The number of carbonyl (C=O) groups is 1. The zero-order chi connectivity index (χ0) is 24.9. The predicted octanol–water partition coefficient (Wildman–Crippen LogP) is 5.22. The van der Waals surface area contributed by atoms with E-state index in [0.29, 0.717) is 27.5 Å². The van der Waals surface area contributed by atoms with Crippen LogP contribution in [-0.4, -0.2) is 25.4 Å². The fraction of sp³-hybridized carbons (Fsp3) is 0.0800.